The van der Waals surface area contributed by atoms with Gasteiger partial charge in [0.15, 0.2) is 0 Å². The van der Waals surface area contributed by atoms with Crippen LogP contribution in [0.3, 0.4) is 0 Å². The third-order valence-corrected chi connectivity index (χ3v) is 4.28. The number of rotatable bonds is 5. The predicted octanol–water partition coefficient (Wildman–Crippen LogP) is 3.59. The first-order valence-corrected chi connectivity index (χ1v) is 7.11. The second kappa shape index (κ2) is 5.75. The van der Waals surface area contributed by atoms with Gasteiger partial charge >= 0.3 is 0 Å². The van der Waals surface area contributed by atoms with E-state index in [9.17, 15) is 0 Å². The Morgan fingerprint density at radius 3 is 2.17 bits per heavy atom. The number of benzene rings is 1. The van der Waals surface area contributed by atoms with Gasteiger partial charge in [0.2, 0.25) is 0 Å². The first-order chi connectivity index (χ1) is 8.58. The lowest BCUT2D eigenvalue weighted by Gasteiger charge is -2.34. The van der Waals surface area contributed by atoms with Crippen molar-refractivity contribution in [3.8, 4) is 0 Å². The highest BCUT2D eigenvalue weighted by molar-refractivity contribution is 5.46. The van der Waals surface area contributed by atoms with Crippen LogP contribution in [0.1, 0.15) is 44.7 Å². The Morgan fingerprint density at radius 2 is 1.72 bits per heavy atom. The number of nitrogens with zero attached hydrogens (tertiary/aromatic N) is 1. The van der Waals surface area contributed by atoms with E-state index in [0.717, 1.165) is 5.92 Å². The van der Waals surface area contributed by atoms with Crippen LogP contribution in [0.4, 0.5) is 5.69 Å². The van der Waals surface area contributed by atoms with Crippen molar-refractivity contribution in [1.82, 2.24) is 5.32 Å². The zero-order chi connectivity index (χ0) is 13.1. The zero-order valence-electron chi connectivity index (χ0n) is 12.1. The van der Waals surface area contributed by atoms with Crippen molar-refractivity contribution in [3.63, 3.8) is 0 Å². The molecule has 0 amide bonds. The standard InChI is InChI=1S/C16H26N2/c1-12(14-6-5-7-14)17-13(2)15-8-10-16(11-9-15)18(3)4/h8-14,17H,5-7H2,1-4H3. The Morgan fingerprint density at radius 1 is 1.11 bits per heavy atom. The molecule has 0 spiro atoms. The molecule has 1 saturated carbocycles. The summed E-state index contributed by atoms with van der Waals surface area (Å²) in [5.74, 6) is 0.897. The highest BCUT2D eigenvalue weighted by Gasteiger charge is 2.24. The third-order valence-electron chi connectivity index (χ3n) is 4.28. The second-order valence-electron chi connectivity index (χ2n) is 5.85. The molecular weight excluding hydrogens is 220 g/mol. The van der Waals surface area contributed by atoms with E-state index in [1.807, 2.05) is 0 Å². The van der Waals surface area contributed by atoms with Gasteiger partial charge in [-0.3, -0.25) is 0 Å². The molecule has 100 valence electrons. The molecule has 1 aliphatic rings. The highest BCUT2D eigenvalue weighted by atomic mass is 15.1. The van der Waals surface area contributed by atoms with E-state index in [1.165, 1.54) is 30.5 Å². The van der Waals surface area contributed by atoms with E-state index in [4.69, 9.17) is 0 Å². The van der Waals surface area contributed by atoms with Crippen LogP contribution in [0, 0.1) is 5.92 Å². The maximum atomic E-state index is 3.73. The van der Waals surface area contributed by atoms with E-state index in [-0.39, 0.29) is 0 Å². The molecule has 2 heteroatoms. The van der Waals surface area contributed by atoms with Gasteiger partial charge in [-0.2, -0.15) is 0 Å². The molecular formula is C16H26N2. The van der Waals surface area contributed by atoms with Gasteiger partial charge in [-0.05, 0) is 50.3 Å². The molecule has 0 heterocycles. The third kappa shape index (κ3) is 3.05. The number of hydrogen-bond acceptors (Lipinski definition) is 2. The van der Waals surface area contributed by atoms with Crippen molar-refractivity contribution >= 4 is 5.69 Å². The van der Waals surface area contributed by atoms with Crippen LogP contribution in [0.15, 0.2) is 24.3 Å². The summed E-state index contributed by atoms with van der Waals surface area (Å²) in [5, 5.41) is 3.73. The minimum Gasteiger partial charge on any atom is -0.378 e. The first-order valence-electron chi connectivity index (χ1n) is 7.11. The summed E-state index contributed by atoms with van der Waals surface area (Å²) < 4.78 is 0. The van der Waals surface area contributed by atoms with Crippen LogP contribution in [0.2, 0.25) is 0 Å². The fourth-order valence-electron chi connectivity index (χ4n) is 2.63. The molecule has 0 radical (unpaired) electrons. The Balaban J connectivity index is 1.93. The molecule has 2 nitrogen and oxygen atoms in total. The van der Waals surface area contributed by atoms with Gasteiger partial charge in [0, 0.05) is 31.9 Å². The van der Waals surface area contributed by atoms with E-state index in [1.54, 1.807) is 0 Å². The summed E-state index contributed by atoms with van der Waals surface area (Å²) in [6.07, 6.45) is 4.23. The normalized spacial score (nSPS) is 19.1. The molecule has 0 aromatic heterocycles. The average Bonchev–Trinajstić information content (AvgIpc) is 2.26. The molecule has 1 N–H and O–H groups in total. The number of anilines is 1. The van der Waals surface area contributed by atoms with E-state index in [0.29, 0.717) is 12.1 Å². The van der Waals surface area contributed by atoms with Gasteiger partial charge in [0.1, 0.15) is 0 Å². The summed E-state index contributed by atoms with van der Waals surface area (Å²) in [6.45, 7) is 4.59. The molecule has 1 aliphatic carbocycles. The van der Waals surface area contributed by atoms with Crippen molar-refractivity contribution < 1.29 is 0 Å². The SMILES string of the molecule is CC(NC(C)C1CCC1)c1ccc(N(C)C)cc1. The molecule has 2 rings (SSSR count). The average molecular weight is 246 g/mol. The topological polar surface area (TPSA) is 15.3 Å². The molecule has 1 aromatic carbocycles. The monoisotopic (exact) mass is 246 g/mol. The van der Waals surface area contributed by atoms with Crippen LogP contribution < -0.4 is 10.2 Å². The van der Waals surface area contributed by atoms with Gasteiger partial charge in [-0.1, -0.05) is 18.6 Å². The molecule has 1 fully saturated rings. The molecule has 18 heavy (non-hydrogen) atoms. The van der Waals surface area contributed by atoms with Crippen LogP contribution >= 0.6 is 0 Å². The van der Waals surface area contributed by atoms with Crippen LogP contribution in [0.25, 0.3) is 0 Å². The first kappa shape index (κ1) is 13.4. The lowest BCUT2D eigenvalue weighted by Crippen LogP contribution is -2.38. The smallest absolute Gasteiger partial charge is 0.0361 e. The van der Waals surface area contributed by atoms with Gasteiger partial charge in [0.25, 0.3) is 0 Å². The molecule has 0 saturated heterocycles. The van der Waals surface area contributed by atoms with E-state index in [2.05, 4.69) is 62.4 Å². The number of hydrogen-bond donors (Lipinski definition) is 1. The summed E-state index contributed by atoms with van der Waals surface area (Å²) >= 11 is 0. The molecule has 2 atom stereocenters. The highest BCUT2D eigenvalue weighted by Crippen LogP contribution is 2.30. The Kier molecular flexibility index (Phi) is 4.28. The minimum absolute atomic E-state index is 0.441. The van der Waals surface area contributed by atoms with Gasteiger partial charge < -0.3 is 10.2 Å². The summed E-state index contributed by atoms with van der Waals surface area (Å²) in [6, 6.07) is 9.95. The Bertz CT molecular complexity index is 365. The molecule has 1 aromatic rings. The van der Waals surface area contributed by atoms with Crippen molar-refractivity contribution in [2.45, 2.75) is 45.2 Å². The van der Waals surface area contributed by atoms with Crippen molar-refractivity contribution in [1.29, 1.82) is 0 Å². The van der Waals surface area contributed by atoms with Crippen LogP contribution in [-0.4, -0.2) is 20.1 Å². The lowest BCUT2D eigenvalue weighted by molar-refractivity contribution is 0.230. The zero-order valence-corrected chi connectivity index (χ0v) is 12.1. The minimum atomic E-state index is 0.441. The second-order valence-corrected chi connectivity index (χ2v) is 5.85. The Labute approximate surface area is 111 Å². The quantitative estimate of drug-likeness (QED) is 0.854. The maximum Gasteiger partial charge on any atom is 0.0361 e. The molecule has 2 unspecified atom stereocenters. The van der Waals surface area contributed by atoms with Crippen molar-refractivity contribution in [2.75, 3.05) is 19.0 Å². The van der Waals surface area contributed by atoms with Gasteiger partial charge in [-0.15, -0.1) is 0 Å². The van der Waals surface area contributed by atoms with E-state index < -0.39 is 0 Å². The summed E-state index contributed by atoms with van der Waals surface area (Å²) in [7, 11) is 4.16. The maximum absolute atomic E-state index is 3.73. The predicted molar refractivity (Wildman–Crippen MR) is 79.1 cm³/mol. The van der Waals surface area contributed by atoms with Crippen molar-refractivity contribution in [3.05, 3.63) is 29.8 Å². The van der Waals surface area contributed by atoms with E-state index >= 15 is 0 Å². The largest absolute Gasteiger partial charge is 0.378 e. The molecule has 0 aliphatic heterocycles. The van der Waals surface area contributed by atoms with Gasteiger partial charge in [0.05, 0.1) is 0 Å². The Hall–Kier alpha value is -1.02. The van der Waals surface area contributed by atoms with Crippen molar-refractivity contribution in [2.24, 2.45) is 5.92 Å². The van der Waals surface area contributed by atoms with Crippen LogP contribution in [0.5, 0.6) is 0 Å². The van der Waals surface area contributed by atoms with Crippen LogP contribution in [-0.2, 0) is 0 Å². The fourth-order valence-corrected chi connectivity index (χ4v) is 2.63. The summed E-state index contributed by atoms with van der Waals surface area (Å²) in [4.78, 5) is 2.14. The lowest BCUT2D eigenvalue weighted by atomic mass is 9.80. The number of nitrogens with one attached hydrogen (secondary N) is 1. The molecule has 0 bridgehead atoms. The van der Waals surface area contributed by atoms with Gasteiger partial charge in [-0.25, -0.2) is 0 Å². The summed E-state index contributed by atoms with van der Waals surface area (Å²) in [5.41, 5.74) is 2.64. The fraction of sp³-hybridized carbons (Fsp3) is 0.625.